The Morgan fingerprint density at radius 3 is 2.18 bits per heavy atom. The summed E-state index contributed by atoms with van der Waals surface area (Å²) in [6, 6.07) is 23.0. The third kappa shape index (κ3) is 7.54. The molecule has 0 saturated heterocycles. The minimum atomic E-state index is -0.179. The molecule has 3 aromatic rings. The first-order chi connectivity index (χ1) is 16.1. The largest absolute Gasteiger partial charge is 0.334 e. The molecule has 0 aliphatic rings. The van der Waals surface area contributed by atoms with E-state index < -0.39 is 0 Å². The van der Waals surface area contributed by atoms with Crippen LogP contribution in [-0.4, -0.2) is 16.7 Å². The van der Waals surface area contributed by atoms with Crippen LogP contribution in [0.2, 0.25) is 0 Å². The predicted molar refractivity (Wildman–Crippen MR) is 141 cm³/mol. The zero-order valence-corrected chi connectivity index (χ0v) is 21.6. The fraction of sp³-hybridized carbons (Fsp3) is 0.286. The number of amides is 2. The van der Waals surface area contributed by atoms with Gasteiger partial charge in [0.15, 0.2) is 0 Å². The zero-order chi connectivity index (χ0) is 24.7. The van der Waals surface area contributed by atoms with Crippen LogP contribution in [0.3, 0.4) is 0 Å². The molecule has 178 valence electrons. The van der Waals surface area contributed by atoms with Crippen molar-refractivity contribution in [2.75, 3.05) is 5.32 Å². The van der Waals surface area contributed by atoms with Gasteiger partial charge in [-0.3, -0.25) is 9.59 Å². The summed E-state index contributed by atoms with van der Waals surface area (Å²) < 4.78 is 0.746. The van der Waals surface area contributed by atoms with Crippen LogP contribution in [0.1, 0.15) is 54.2 Å². The molecule has 0 heterocycles. The molecule has 0 aliphatic heterocycles. The molecule has 3 aromatic carbocycles. The van der Waals surface area contributed by atoms with E-state index in [1.807, 2.05) is 65.6 Å². The topological polar surface area (TPSA) is 75.4 Å². The van der Waals surface area contributed by atoms with Crippen LogP contribution in [-0.2, 0) is 24.4 Å². The maximum absolute atomic E-state index is 13.2. The zero-order valence-electron chi connectivity index (χ0n) is 20.0. The summed E-state index contributed by atoms with van der Waals surface area (Å²) in [7, 11) is 0. The van der Waals surface area contributed by atoms with Crippen molar-refractivity contribution < 1.29 is 9.59 Å². The Kier molecular flexibility index (Phi) is 8.64. The lowest BCUT2D eigenvalue weighted by Gasteiger charge is -2.27. The van der Waals surface area contributed by atoms with Crippen LogP contribution < -0.4 is 11.1 Å². The summed E-state index contributed by atoms with van der Waals surface area (Å²) in [4.78, 5) is 27.6. The van der Waals surface area contributed by atoms with Crippen molar-refractivity contribution in [3.8, 4) is 0 Å². The van der Waals surface area contributed by atoms with Crippen LogP contribution in [0, 0.1) is 5.41 Å². The van der Waals surface area contributed by atoms with Gasteiger partial charge >= 0.3 is 0 Å². The number of hydrogen-bond donors (Lipinski definition) is 2. The summed E-state index contributed by atoms with van der Waals surface area (Å²) in [5, 5.41) is 2.92. The number of halogens is 1. The smallest absolute Gasteiger partial charge is 0.256 e. The van der Waals surface area contributed by atoms with E-state index in [-0.39, 0.29) is 17.2 Å². The van der Waals surface area contributed by atoms with Crippen molar-refractivity contribution in [2.45, 2.75) is 46.8 Å². The molecule has 34 heavy (non-hydrogen) atoms. The molecular formula is C28H32BrN3O2. The van der Waals surface area contributed by atoms with Crippen LogP contribution in [0.5, 0.6) is 0 Å². The number of rotatable bonds is 8. The van der Waals surface area contributed by atoms with Gasteiger partial charge in [0.05, 0.1) is 5.56 Å². The first kappa shape index (κ1) is 25.7. The van der Waals surface area contributed by atoms with E-state index in [9.17, 15) is 9.59 Å². The van der Waals surface area contributed by atoms with E-state index >= 15 is 0 Å². The standard InChI is InChI=1S/C28H32BrN3O2/c1-28(2,3)16-26(33)32(19-22-8-6-7-21(15-22)17-30)18-20-11-13-23(14-12-20)31-27(34)24-9-4-5-10-25(24)29/h4-15H,16-19,30H2,1-3H3,(H,31,34). The molecule has 0 radical (unpaired) electrons. The number of carbonyl (C=O) groups excluding carboxylic acids is 2. The summed E-state index contributed by atoms with van der Waals surface area (Å²) in [6.07, 6.45) is 0.462. The summed E-state index contributed by atoms with van der Waals surface area (Å²) in [5.74, 6) is -0.0704. The van der Waals surface area contributed by atoms with Gasteiger partial charge < -0.3 is 16.0 Å². The van der Waals surface area contributed by atoms with Gasteiger partial charge in [-0.1, -0.05) is 69.3 Å². The molecule has 0 saturated carbocycles. The Hall–Kier alpha value is -2.96. The second-order valence-corrected chi connectivity index (χ2v) is 10.5. The number of nitrogens with zero attached hydrogens (tertiary/aromatic N) is 1. The van der Waals surface area contributed by atoms with Gasteiger partial charge in [0.1, 0.15) is 0 Å². The highest BCUT2D eigenvalue weighted by Gasteiger charge is 2.22. The summed E-state index contributed by atoms with van der Waals surface area (Å²) in [6.45, 7) is 7.68. The maximum atomic E-state index is 13.2. The molecule has 3 N–H and O–H groups in total. The normalized spacial score (nSPS) is 11.2. The molecular weight excluding hydrogens is 490 g/mol. The van der Waals surface area contributed by atoms with E-state index in [0.29, 0.717) is 37.3 Å². The van der Waals surface area contributed by atoms with E-state index in [4.69, 9.17) is 5.73 Å². The highest BCUT2D eigenvalue weighted by Crippen LogP contribution is 2.23. The first-order valence-electron chi connectivity index (χ1n) is 11.3. The minimum absolute atomic E-state index is 0.103. The minimum Gasteiger partial charge on any atom is -0.334 e. The number of carbonyl (C=O) groups is 2. The molecule has 0 spiro atoms. The second-order valence-electron chi connectivity index (χ2n) is 9.64. The van der Waals surface area contributed by atoms with Gasteiger partial charge in [0.2, 0.25) is 5.91 Å². The lowest BCUT2D eigenvalue weighted by atomic mass is 9.91. The average molecular weight is 522 g/mol. The van der Waals surface area contributed by atoms with Gasteiger partial charge in [-0.2, -0.15) is 0 Å². The number of benzene rings is 3. The maximum Gasteiger partial charge on any atom is 0.256 e. The number of anilines is 1. The van der Waals surface area contributed by atoms with Gasteiger partial charge in [-0.25, -0.2) is 0 Å². The Morgan fingerprint density at radius 2 is 1.53 bits per heavy atom. The molecule has 0 aliphatic carbocycles. The third-order valence-electron chi connectivity index (χ3n) is 5.34. The van der Waals surface area contributed by atoms with Crippen molar-refractivity contribution in [3.63, 3.8) is 0 Å². The number of nitrogens with two attached hydrogens (primary N) is 1. The van der Waals surface area contributed by atoms with E-state index in [0.717, 1.165) is 21.2 Å². The lowest BCUT2D eigenvalue weighted by Crippen LogP contribution is -2.32. The number of hydrogen-bond acceptors (Lipinski definition) is 3. The summed E-state index contributed by atoms with van der Waals surface area (Å²) >= 11 is 3.41. The molecule has 3 rings (SSSR count). The average Bonchev–Trinajstić information content (AvgIpc) is 2.79. The Labute approximate surface area is 210 Å². The van der Waals surface area contributed by atoms with Crippen LogP contribution in [0.4, 0.5) is 5.69 Å². The predicted octanol–water partition coefficient (Wildman–Crippen LogP) is 6.13. The molecule has 6 heteroatoms. The van der Waals surface area contributed by atoms with Gasteiger partial charge in [0.25, 0.3) is 5.91 Å². The van der Waals surface area contributed by atoms with Crippen LogP contribution in [0.15, 0.2) is 77.3 Å². The van der Waals surface area contributed by atoms with Gasteiger partial charge in [-0.15, -0.1) is 0 Å². The fourth-order valence-corrected chi connectivity index (χ4v) is 4.10. The Bertz CT molecular complexity index is 1140. The number of nitrogens with one attached hydrogen (secondary N) is 1. The highest BCUT2D eigenvalue weighted by molar-refractivity contribution is 9.10. The van der Waals surface area contributed by atoms with E-state index in [1.54, 1.807) is 6.07 Å². The quantitative estimate of drug-likeness (QED) is 0.374. The van der Waals surface area contributed by atoms with E-state index in [2.05, 4.69) is 48.1 Å². The molecule has 2 amide bonds. The molecule has 0 atom stereocenters. The monoisotopic (exact) mass is 521 g/mol. The summed E-state index contributed by atoms with van der Waals surface area (Å²) in [5.41, 5.74) is 10.1. The molecule has 0 fully saturated rings. The van der Waals surface area contributed by atoms with Crippen LogP contribution >= 0.6 is 15.9 Å². The third-order valence-corrected chi connectivity index (χ3v) is 6.03. The first-order valence-corrected chi connectivity index (χ1v) is 12.1. The molecule has 0 aromatic heterocycles. The molecule has 0 bridgehead atoms. The highest BCUT2D eigenvalue weighted by atomic mass is 79.9. The lowest BCUT2D eigenvalue weighted by molar-refractivity contribution is -0.134. The van der Waals surface area contributed by atoms with Crippen molar-refractivity contribution in [3.05, 3.63) is 99.5 Å². The van der Waals surface area contributed by atoms with Crippen molar-refractivity contribution in [2.24, 2.45) is 11.1 Å². The van der Waals surface area contributed by atoms with Crippen molar-refractivity contribution in [1.82, 2.24) is 4.90 Å². The van der Waals surface area contributed by atoms with Gasteiger partial charge in [-0.05, 0) is 62.3 Å². The fourth-order valence-electron chi connectivity index (χ4n) is 3.63. The SMILES string of the molecule is CC(C)(C)CC(=O)N(Cc1ccc(NC(=O)c2ccccc2Br)cc1)Cc1cccc(CN)c1. The van der Waals surface area contributed by atoms with E-state index in [1.165, 1.54) is 0 Å². The van der Waals surface area contributed by atoms with Crippen LogP contribution in [0.25, 0.3) is 0 Å². The molecule has 0 unspecified atom stereocenters. The Morgan fingerprint density at radius 1 is 0.882 bits per heavy atom. The molecule has 5 nitrogen and oxygen atoms in total. The Balaban J connectivity index is 1.74. The van der Waals surface area contributed by atoms with Crippen molar-refractivity contribution >= 4 is 33.4 Å². The van der Waals surface area contributed by atoms with Gasteiger partial charge in [0, 0.05) is 36.2 Å². The second kappa shape index (κ2) is 11.4. The van der Waals surface area contributed by atoms with Crippen molar-refractivity contribution in [1.29, 1.82) is 0 Å².